The number of phenols is 1. The third-order valence-corrected chi connectivity index (χ3v) is 3.97. The number of unbranched alkanes of at least 4 members (excludes halogenated alkanes) is 1. The van der Waals surface area contributed by atoms with Crippen LogP contribution in [0, 0.1) is 6.92 Å². The van der Waals surface area contributed by atoms with Crippen molar-refractivity contribution in [2.75, 3.05) is 6.61 Å². The van der Waals surface area contributed by atoms with Crippen molar-refractivity contribution in [3.8, 4) is 22.8 Å². The lowest BCUT2D eigenvalue weighted by molar-refractivity contribution is 0.301. The van der Waals surface area contributed by atoms with E-state index in [1.54, 1.807) is 30.3 Å². The molecule has 1 heterocycles. The van der Waals surface area contributed by atoms with Crippen LogP contribution in [-0.4, -0.2) is 11.7 Å². The van der Waals surface area contributed by atoms with E-state index in [1.165, 1.54) is 0 Å². The van der Waals surface area contributed by atoms with Crippen LogP contribution in [0.1, 0.15) is 25.3 Å². The zero-order chi connectivity index (χ0) is 17.1. The van der Waals surface area contributed by atoms with E-state index in [2.05, 4.69) is 6.92 Å². The Labute approximate surface area is 140 Å². The highest BCUT2D eigenvalue weighted by atomic mass is 16.5. The molecule has 0 unspecified atom stereocenters. The Kier molecular flexibility index (Phi) is 4.56. The lowest BCUT2D eigenvalue weighted by Gasteiger charge is -2.12. The number of aryl methyl sites for hydroxylation is 1. The van der Waals surface area contributed by atoms with Crippen molar-refractivity contribution in [3.63, 3.8) is 0 Å². The summed E-state index contributed by atoms with van der Waals surface area (Å²) in [6.45, 7) is 4.32. The third kappa shape index (κ3) is 3.00. The van der Waals surface area contributed by atoms with Crippen LogP contribution in [0.25, 0.3) is 22.3 Å². The fourth-order valence-corrected chi connectivity index (χ4v) is 2.52. The third-order valence-electron chi connectivity index (χ3n) is 3.97. The van der Waals surface area contributed by atoms with Crippen molar-refractivity contribution in [1.82, 2.24) is 0 Å². The monoisotopic (exact) mass is 324 g/mol. The minimum absolute atomic E-state index is 0.155. The summed E-state index contributed by atoms with van der Waals surface area (Å²) in [6, 6.07) is 12.3. The van der Waals surface area contributed by atoms with Gasteiger partial charge in [-0.3, -0.25) is 4.79 Å². The molecule has 0 aliphatic carbocycles. The molecular weight excluding hydrogens is 304 g/mol. The number of ether oxygens (including phenoxy) is 1. The molecule has 3 aromatic rings. The van der Waals surface area contributed by atoms with Gasteiger partial charge in [0.15, 0.2) is 5.76 Å². The Bertz CT molecular complexity index is 925. The summed E-state index contributed by atoms with van der Waals surface area (Å²) >= 11 is 0. The highest BCUT2D eigenvalue weighted by molar-refractivity contribution is 5.82. The van der Waals surface area contributed by atoms with Gasteiger partial charge in [-0.1, -0.05) is 37.6 Å². The molecule has 0 saturated carbocycles. The van der Waals surface area contributed by atoms with Gasteiger partial charge in [-0.25, -0.2) is 0 Å². The second-order valence-corrected chi connectivity index (χ2v) is 5.79. The van der Waals surface area contributed by atoms with Crippen LogP contribution < -0.4 is 10.2 Å². The second-order valence-electron chi connectivity index (χ2n) is 5.79. The predicted molar refractivity (Wildman–Crippen MR) is 94.7 cm³/mol. The largest absolute Gasteiger partial charge is 0.508 e. The van der Waals surface area contributed by atoms with Crippen LogP contribution >= 0.6 is 0 Å². The van der Waals surface area contributed by atoms with E-state index in [9.17, 15) is 9.90 Å². The second kappa shape index (κ2) is 6.79. The van der Waals surface area contributed by atoms with Crippen molar-refractivity contribution in [2.24, 2.45) is 0 Å². The van der Waals surface area contributed by atoms with E-state index < -0.39 is 0 Å². The molecule has 0 amide bonds. The maximum Gasteiger partial charge on any atom is 0.235 e. The van der Waals surface area contributed by atoms with Gasteiger partial charge in [-0.2, -0.15) is 0 Å². The normalized spacial score (nSPS) is 10.9. The van der Waals surface area contributed by atoms with Gasteiger partial charge in [0.25, 0.3) is 0 Å². The Hall–Kier alpha value is -2.75. The molecule has 4 heteroatoms. The van der Waals surface area contributed by atoms with Gasteiger partial charge in [-0.05, 0) is 37.1 Å². The number of phenolic OH excluding ortho intramolecular Hbond substituents is 1. The number of para-hydroxylation sites is 1. The first-order chi connectivity index (χ1) is 11.6. The minimum Gasteiger partial charge on any atom is -0.508 e. The molecule has 124 valence electrons. The van der Waals surface area contributed by atoms with E-state index in [1.807, 2.05) is 19.1 Å². The fourth-order valence-electron chi connectivity index (χ4n) is 2.52. The zero-order valence-electron chi connectivity index (χ0n) is 13.8. The molecule has 0 saturated heterocycles. The number of hydrogen-bond donors (Lipinski definition) is 1. The van der Waals surface area contributed by atoms with Gasteiger partial charge >= 0.3 is 0 Å². The fraction of sp³-hybridized carbons (Fsp3) is 0.250. The first-order valence-electron chi connectivity index (χ1n) is 8.10. The number of benzene rings is 2. The molecule has 24 heavy (non-hydrogen) atoms. The maximum atomic E-state index is 12.8. The summed E-state index contributed by atoms with van der Waals surface area (Å²) in [5.41, 5.74) is 1.69. The summed E-state index contributed by atoms with van der Waals surface area (Å²) in [4.78, 5) is 12.8. The number of fused-ring (bicyclic) bond motifs is 1. The molecule has 1 aromatic heterocycles. The SMILES string of the molecule is CCCCOc1c(-c2ccc(C)c(O)c2)oc2ccccc2c1=O. The molecule has 0 bridgehead atoms. The average Bonchev–Trinajstić information content (AvgIpc) is 2.59. The Balaban J connectivity index is 2.21. The Morgan fingerprint density at radius 3 is 2.71 bits per heavy atom. The van der Waals surface area contributed by atoms with E-state index in [0.29, 0.717) is 28.9 Å². The lowest BCUT2D eigenvalue weighted by Crippen LogP contribution is -2.11. The van der Waals surface area contributed by atoms with Crippen LogP contribution in [0.3, 0.4) is 0 Å². The van der Waals surface area contributed by atoms with Crippen molar-refractivity contribution in [3.05, 3.63) is 58.3 Å². The number of hydrogen-bond acceptors (Lipinski definition) is 4. The molecule has 1 N–H and O–H groups in total. The average molecular weight is 324 g/mol. The first-order valence-corrected chi connectivity index (χ1v) is 8.10. The van der Waals surface area contributed by atoms with Crippen molar-refractivity contribution >= 4 is 11.0 Å². The summed E-state index contributed by atoms with van der Waals surface area (Å²) in [7, 11) is 0. The highest BCUT2D eigenvalue weighted by Crippen LogP contribution is 2.33. The lowest BCUT2D eigenvalue weighted by atomic mass is 10.1. The summed E-state index contributed by atoms with van der Waals surface area (Å²) in [5, 5.41) is 10.5. The van der Waals surface area contributed by atoms with Gasteiger partial charge in [-0.15, -0.1) is 0 Å². The topological polar surface area (TPSA) is 59.7 Å². The van der Waals surface area contributed by atoms with Crippen LogP contribution in [-0.2, 0) is 0 Å². The van der Waals surface area contributed by atoms with E-state index in [-0.39, 0.29) is 16.9 Å². The maximum absolute atomic E-state index is 12.8. The number of rotatable bonds is 5. The van der Waals surface area contributed by atoms with Crippen molar-refractivity contribution in [2.45, 2.75) is 26.7 Å². The van der Waals surface area contributed by atoms with Gasteiger partial charge < -0.3 is 14.3 Å². The van der Waals surface area contributed by atoms with Gasteiger partial charge in [0.1, 0.15) is 11.3 Å². The Morgan fingerprint density at radius 2 is 1.96 bits per heavy atom. The first kappa shape index (κ1) is 16.1. The van der Waals surface area contributed by atoms with E-state index >= 15 is 0 Å². The molecular formula is C20H20O4. The molecule has 2 aromatic carbocycles. The molecule has 0 aliphatic rings. The molecule has 4 nitrogen and oxygen atoms in total. The summed E-state index contributed by atoms with van der Waals surface area (Å²) in [5.74, 6) is 0.707. The molecule has 0 radical (unpaired) electrons. The molecule has 0 spiro atoms. The molecule has 0 fully saturated rings. The summed E-state index contributed by atoms with van der Waals surface area (Å²) in [6.07, 6.45) is 1.82. The minimum atomic E-state index is -0.192. The summed E-state index contributed by atoms with van der Waals surface area (Å²) < 4.78 is 11.7. The highest BCUT2D eigenvalue weighted by Gasteiger charge is 2.18. The standard InChI is InChI=1S/C20H20O4/c1-3-4-11-23-20-18(22)15-7-5-6-8-17(15)24-19(20)14-10-9-13(2)16(21)12-14/h5-10,12,21H,3-4,11H2,1-2H3. The van der Waals surface area contributed by atoms with E-state index in [4.69, 9.17) is 9.15 Å². The molecule has 0 atom stereocenters. The van der Waals surface area contributed by atoms with Crippen molar-refractivity contribution in [1.29, 1.82) is 0 Å². The van der Waals surface area contributed by atoms with Gasteiger partial charge in [0.2, 0.25) is 11.2 Å². The number of aromatic hydroxyl groups is 1. The molecule has 0 aliphatic heterocycles. The van der Waals surface area contributed by atoms with Gasteiger partial charge in [0, 0.05) is 5.56 Å². The Morgan fingerprint density at radius 1 is 1.17 bits per heavy atom. The van der Waals surface area contributed by atoms with Crippen LogP contribution in [0.2, 0.25) is 0 Å². The zero-order valence-corrected chi connectivity index (χ0v) is 13.8. The van der Waals surface area contributed by atoms with Crippen LogP contribution in [0.4, 0.5) is 0 Å². The van der Waals surface area contributed by atoms with Gasteiger partial charge in [0.05, 0.1) is 12.0 Å². The van der Waals surface area contributed by atoms with Crippen LogP contribution in [0.15, 0.2) is 51.7 Å². The van der Waals surface area contributed by atoms with E-state index in [0.717, 1.165) is 18.4 Å². The molecule has 3 rings (SSSR count). The quantitative estimate of drug-likeness (QED) is 0.694. The van der Waals surface area contributed by atoms with Crippen molar-refractivity contribution < 1.29 is 14.3 Å². The smallest absolute Gasteiger partial charge is 0.235 e. The predicted octanol–water partition coefficient (Wildman–Crippen LogP) is 4.65. The van der Waals surface area contributed by atoms with Crippen LogP contribution in [0.5, 0.6) is 11.5 Å².